The zero-order chi connectivity index (χ0) is 28.6. The van der Waals surface area contributed by atoms with E-state index in [-0.39, 0.29) is 17.5 Å². The SMILES string of the molecule is CCN(Cc1ccc(OCCNCC(C)C)c(F)c1)c1cc(OC)c(OC)cc1[C@@H]1CCc2cc(O)ccc2C1. The number of hydrogen-bond acceptors (Lipinski definition) is 6. The van der Waals surface area contributed by atoms with Crippen LogP contribution in [0.15, 0.2) is 48.5 Å². The van der Waals surface area contributed by atoms with Crippen molar-refractivity contribution in [1.29, 1.82) is 0 Å². The zero-order valence-electron chi connectivity index (χ0n) is 24.4. The molecule has 0 radical (unpaired) electrons. The maximum Gasteiger partial charge on any atom is 0.165 e. The molecule has 0 saturated carbocycles. The van der Waals surface area contributed by atoms with Crippen LogP contribution in [0.2, 0.25) is 0 Å². The molecule has 0 amide bonds. The second-order valence-corrected chi connectivity index (χ2v) is 10.9. The molecular weight excluding hydrogens is 507 g/mol. The van der Waals surface area contributed by atoms with Gasteiger partial charge in [-0.05, 0) is 97.2 Å². The number of phenols is 1. The number of phenolic OH excluding ortho intramolecular Hbond substituents is 1. The van der Waals surface area contributed by atoms with Gasteiger partial charge >= 0.3 is 0 Å². The Balaban J connectivity index is 1.56. The van der Waals surface area contributed by atoms with E-state index in [2.05, 4.69) is 37.1 Å². The highest BCUT2D eigenvalue weighted by atomic mass is 19.1. The van der Waals surface area contributed by atoms with Gasteiger partial charge in [-0.15, -0.1) is 0 Å². The first kappa shape index (κ1) is 29.5. The Hall–Kier alpha value is -3.45. The monoisotopic (exact) mass is 550 g/mol. The van der Waals surface area contributed by atoms with Crippen molar-refractivity contribution in [2.45, 2.75) is 52.5 Å². The second kappa shape index (κ2) is 13.8. The van der Waals surface area contributed by atoms with Crippen molar-refractivity contribution in [2.24, 2.45) is 5.92 Å². The summed E-state index contributed by atoms with van der Waals surface area (Å²) in [5.74, 6) is 2.44. The van der Waals surface area contributed by atoms with Gasteiger partial charge in [-0.2, -0.15) is 0 Å². The molecule has 7 heteroatoms. The first-order valence-electron chi connectivity index (χ1n) is 14.3. The number of anilines is 1. The van der Waals surface area contributed by atoms with Crippen LogP contribution in [0.3, 0.4) is 0 Å². The molecule has 4 rings (SSSR count). The highest BCUT2D eigenvalue weighted by molar-refractivity contribution is 5.64. The first-order valence-corrected chi connectivity index (χ1v) is 14.3. The number of benzene rings is 3. The highest BCUT2D eigenvalue weighted by Gasteiger charge is 2.26. The molecule has 6 nitrogen and oxygen atoms in total. The fraction of sp³-hybridized carbons (Fsp3) is 0.455. The largest absolute Gasteiger partial charge is 0.508 e. The van der Waals surface area contributed by atoms with E-state index in [9.17, 15) is 9.50 Å². The summed E-state index contributed by atoms with van der Waals surface area (Å²) in [5, 5.41) is 13.2. The highest BCUT2D eigenvalue weighted by Crippen LogP contribution is 2.43. The molecule has 0 spiro atoms. The lowest BCUT2D eigenvalue weighted by atomic mass is 9.79. The molecular formula is C33H43FN2O4. The molecule has 3 aromatic rings. The number of ether oxygens (including phenoxy) is 3. The molecule has 0 heterocycles. The smallest absolute Gasteiger partial charge is 0.165 e. The fourth-order valence-corrected chi connectivity index (χ4v) is 5.46. The summed E-state index contributed by atoms with van der Waals surface area (Å²) in [6.45, 7) is 9.70. The lowest BCUT2D eigenvalue weighted by molar-refractivity contribution is 0.296. The lowest BCUT2D eigenvalue weighted by Crippen LogP contribution is -2.25. The Morgan fingerprint density at radius 2 is 1.77 bits per heavy atom. The van der Waals surface area contributed by atoms with Gasteiger partial charge in [-0.25, -0.2) is 4.39 Å². The summed E-state index contributed by atoms with van der Waals surface area (Å²) in [7, 11) is 3.30. The van der Waals surface area contributed by atoms with Crippen molar-refractivity contribution in [2.75, 3.05) is 45.4 Å². The number of rotatable bonds is 13. The predicted octanol–water partition coefficient (Wildman–Crippen LogP) is 6.47. The second-order valence-electron chi connectivity index (χ2n) is 10.9. The normalized spacial score (nSPS) is 14.6. The molecule has 0 bridgehead atoms. The summed E-state index contributed by atoms with van der Waals surface area (Å²) < 4.78 is 32.0. The Bertz CT molecular complexity index is 1280. The summed E-state index contributed by atoms with van der Waals surface area (Å²) in [6.07, 6.45) is 2.74. The quantitative estimate of drug-likeness (QED) is 0.238. The molecule has 0 fully saturated rings. The molecule has 0 aromatic heterocycles. The number of aromatic hydroxyl groups is 1. The topological polar surface area (TPSA) is 63.2 Å². The van der Waals surface area contributed by atoms with Crippen LogP contribution >= 0.6 is 0 Å². The molecule has 216 valence electrons. The number of methoxy groups -OCH3 is 2. The first-order chi connectivity index (χ1) is 19.3. The van der Waals surface area contributed by atoms with Gasteiger partial charge in [0, 0.05) is 31.4 Å². The number of hydrogen-bond donors (Lipinski definition) is 2. The van der Waals surface area contributed by atoms with Crippen molar-refractivity contribution in [3.05, 3.63) is 76.6 Å². The predicted molar refractivity (Wildman–Crippen MR) is 159 cm³/mol. The van der Waals surface area contributed by atoms with Crippen LogP contribution in [-0.4, -0.2) is 45.6 Å². The van der Waals surface area contributed by atoms with Crippen LogP contribution in [0, 0.1) is 11.7 Å². The van der Waals surface area contributed by atoms with E-state index < -0.39 is 0 Å². The summed E-state index contributed by atoms with van der Waals surface area (Å²) >= 11 is 0. The van der Waals surface area contributed by atoms with Gasteiger partial charge < -0.3 is 29.5 Å². The average molecular weight is 551 g/mol. The van der Waals surface area contributed by atoms with Crippen LogP contribution in [0.25, 0.3) is 0 Å². The number of aryl methyl sites for hydroxylation is 1. The number of nitrogens with zero attached hydrogens (tertiary/aromatic N) is 1. The van der Waals surface area contributed by atoms with Crippen LogP contribution < -0.4 is 24.4 Å². The maximum absolute atomic E-state index is 15.0. The number of halogens is 1. The van der Waals surface area contributed by atoms with E-state index >= 15 is 0 Å². The molecule has 1 aliphatic rings. The lowest BCUT2D eigenvalue weighted by Gasteiger charge is -2.32. The van der Waals surface area contributed by atoms with E-state index in [1.54, 1.807) is 32.4 Å². The third kappa shape index (κ3) is 7.19. The summed E-state index contributed by atoms with van der Waals surface area (Å²) in [6, 6.07) is 15.0. The van der Waals surface area contributed by atoms with Crippen LogP contribution in [-0.2, 0) is 19.4 Å². The molecule has 1 atom stereocenters. The van der Waals surface area contributed by atoms with Crippen LogP contribution in [0.4, 0.5) is 10.1 Å². The van der Waals surface area contributed by atoms with Gasteiger partial charge in [-0.1, -0.05) is 26.0 Å². The van der Waals surface area contributed by atoms with E-state index in [4.69, 9.17) is 14.2 Å². The fourth-order valence-electron chi connectivity index (χ4n) is 5.46. The van der Waals surface area contributed by atoms with Gasteiger partial charge in [0.25, 0.3) is 0 Å². The van der Waals surface area contributed by atoms with Gasteiger partial charge in [0.15, 0.2) is 23.1 Å². The van der Waals surface area contributed by atoms with Gasteiger partial charge in [0.2, 0.25) is 0 Å². The molecule has 0 unspecified atom stereocenters. The minimum Gasteiger partial charge on any atom is -0.508 e. The van der Waals surface area contributed by atoms with Crippen molar-refractivity contribution >= 4 is 5.69 Å². The third-order valence-electron chi connectivity index (χ3n) is 7.57. The Labute approximate surface area is 238 Å². The van der Waals surface area contributed by atoms with Gasteiger partial charge in [0.1, 0.15) is 12.4 Å². The average Bonchev–Trinajstić information content (AvgIpc) is 2.95. The van der Waals surface area contributed by atoms with E-state index in [1.165, 1.54) is 16.7 Å². The zero-order valence-corrected chi connectivity index (χ0v) is 24.4. The summed E-state index contributed by atoms with van der Waals surface area (Å²) in [5.41, 5.74) is 5.58. The van der Waals surface area contributed by atoms with Crippen molar-refractivity contribution in [1.82, 2.24) is 5.32 Å². The van der Waals surface area contributed by atoms with E-state index in [0.29, 0.717) is 42.9 Å². The Morgan fingerprint density at radius 1 is 1.00 bits per heavy atom. The standard InChI is InChI=1S/C33H43FN2O4/c1-6-36(21-23-7-12-31(29(34)15-23)40-14-13-35-20-22(2)3)30-19-33(39-5)32(38-4)18-28(30)26-9-8-25-17-27(37)11-10-24(25)16-26/h7,10-12,15,17-19,22,26,35,37H,6,8-9,13-14,16,20-21H2,1-5H3/t26-/m1/s1. The molecule has 0 saturated heterocycles. The van der Waals surface area contributed by atoms with Gasteiger partial charge in [-0.3, -0.25) is 0 Å². The number of nitrogens with one attached hydrogen (secondary N) is 1. The Morgan fingerprint density at radius 3 is 2.48 bits per heavy atom. The molecule has 1 aliphatic carbocycles. The van der Waals surface area contributed by atoms with Crippen LogP contribution in [0.5, 0.6) is 23.0 Å². The number of fused-ring (bicyclic) bond motifs is 1. The van der Waals surface area contributed by atoms with Crippen molar-refractivity contribution in [3.8, 4) is 23.0 Å². The van der Waals surface area contributed by atoms with E-state index in [0.717, 1.165) is 43.6 Å². The molecule has 3 aromatic carbocycles. The van der Waals surface area contributed by atoms with Gasteiger partial charge in [0.05, 0.1) is 14.2 Å². The van der Waals surface area contributed by atoms with Crippen molar-refractivity contribution < 1.29 is 23.7 Å². The van der Waals surface area contributed by atoms with Crippen molar-refractivity contribution in [3.63, 3.8) is 0 Å². The molecule has 2 N–H and O–H groups in total. The van der Waals surface area contributed by atoms with E-state index in [1.807, 2.05) is 24.3 Å². The Kier molecular flexibility index (Phi) is 10.2. The maximum atomic E-state index is 15.0. The third-order valence-corrected chi connectivity index (χ3v) is 7.57. The minimum absolute atomic E-state index is 0.275. The van der Waals surface area contributed by atoms with Crippen LogP contribution in [0.1, 0.15) is 55.4 Å². The molecule has 0 aliphatic heterocycles. The minimum atomic E-state index is -0.350. The molecule has 40 heavy (non-hydrogen) atoms. The summed E-state index contributed by atoms with van der Waals surface area (Å²) in [4.78, 5) is 2.26.